The predicted molar refractivity (Wildman–Crippen MR) is 54.9 cm³/mol. The molecule has 0 radical (unpaired) electrons. The minimum absolute atomic E-state index is 0.0102. The predicted octanol–water partition coefficient (Wildman–Crippen LogP) is 2.24. The Hall–Kier alpha value is -1.26. The molecule has 86 valence electrons. The Morgan fingerprint density at radius 1 is 1.56 bits per heavy atom. The standard InChI is InChI=1S/C11H14FN3O/c1-2-7-5-8(12)11-13-10(14-15(7)11)9(16)6-3-4-6/h6-8H,2-5H2,1H3/t7-,8+/m1/s1. The Morgan fingerprint density at radius 2 is 2.31 bits per heavy atom. The molecule has 1 saturated carbocycles. The molecule has 0 saturated heterocycles. The summed E-state index contributed by atoms with van der Waals surface area (Å²) >= 11 is 0. The quantitative estimate of drug-likeness (QED) is 0.738. The average Bonchev–Trinajstić information content (AvgIpc) is 2.96. The van der Waals surface area contributed by atoms with Gasteiger partial charge in [-0.1, -0.05) is 6.92 Å². The highest BCUT2D eigenvalue weighted by Gasteiger charge is 2.38. The van der Waals surface area contributed by atoms with Gasteiger partial charge in [0.1, 0.15) is 0 Å². The van der Waals surface area contributed by atoms with E-state index >= 15 is 0 Å². The molecular weight excluding hydrogens is 209 g/mol. The van der Waals surface area contributed by atoms with Crippen LogP contribution in [0.3, 0.4) is 0 Å². The van der Waals surface area contributed by atoms with Crippen LogP contribution in [-0.2, 0) is 0 Å². The molecule has 3 rings (SSSR count). The first-order chi connectivity index (χ1) is 7.70. The lowest BCUT2D eigenvalue weighted by molar-refractivity contribution is 0.0956. The fourth-order valence-electron chi connectivity index (χ4n) is 2.23. The molecule has 1 aromatic heterocycles. The number of rotatable bonds is 3. The molecule has 1 aromatic rings. The molecule has 0 unspecified atom stereocenters. The van der Waals surface area contributed by atoms with Crippen molar-refractivity contribution in [2.45, 2.75) is 44.8 Å². The lowest BCUT2D eigenvalue weighted by atomic mass is 10.1. The van der Waals surface area contributed by atoms with Gasteiger partial charge >= 0.3 is 0 Å². The van der Waals surface area contributed by atoms with E-state index in [4.69, 9.17) is 0 Å². The topological polar surface area (TPSA) is 47.8 Å². The van der Waals surface area contributed by atoms with Crippen molar-refractivity contribution in [1.29, 1.82) is 0 Å². The van der Waals surface area contributed by atoms with Crippen LogP contribution >= 0.6 is 0 Å². The first-order valence-electron chi connectivity index (χ1n) is 5.85. The van der Waals surface area contributed by atoms with Crippen molar-refractivity contribution >= 4 is 5.78 Å². The largest absolute Gasteiger partial charge is 0.290 e. The Balaban J connectivity index is 1.93. The SMILES string of the molecule is CC[C@@H]1C[C@H](F)c2nc(C(=O)C3CC3)nn21. The molecule has 16 heavy (non-hydrogen) atoms. The van der Waals surface area contributed by atoms with Gasteiger partial charge < -0.3 is 0 Å². The van der Waals surface area contributed by atoms with Crippen LogP contribution in [0.25, 0.3) is 0 Å². The van der Waals surface area contributed by atoms with Crippen LogP contribution in [0.1, 0.15) is 61.3 Å². The summed E-state index contributed by atoms with van der Waals surface area (Å²) in [6, 6.07) is 0.0678. The summed E-state index contributed by atoms with van der Waals surface area (Å²) in [5.74, 6) is 0.652. The zero-order chi connectivity index (χ0) is 11.3. The summed E-state index contributed by atoms with van der Waals surface area (Å²) in [6.07, 6.45) is 2.08. The van der Waals surface area contributed by atoms with E-state index in [-0.39, 0.29) is 23.6 Å². The van der Waals surface area contributed by atoms with Crippen molar-refractivity contribution in [3.05, 3.63) is 11.6 Å². The third-order valence-corrected chi connectivity index (χ3v) is 3.40. The highest BCUT2D eigenvalue weighted by molar-refractivity contribution is 5.95. The molecule has 2 aliphatic rings. The van der Waals surface area contributed by atoms with Crippen molar-refractivity contribution in [3.63, 3.8) is 0 Å². The fraction of sp³-hybridized carbons (Fsp3) is 0.727. The molecule has 2 heterocycles. The van der Waals surface area contributed by atoms with Gasteiger partial charge in [0.25, 0.3) is 0 Å². The number of aromatic nitrogens is 3. The van der Waals surface area contributed by atoms with E-state index in [1.165, 1.54) is 0 Å². The third kappa shape index (κ3) is 1.37. The molecule has 1 aliphatic carbocycles. The Bertz CT molecular complexity index is 438. The van der Waals surface area contributed by atoms with Gasteiger partial charge in [-0.2, -0.15) is 0 Å². The Morgan fingerprint density at radius 3 is 2.94 bits per heavy atom. The highest BCUT2D eigenvalue weighted by Crippen LogP contribution is 2.38. The third-order valence-electron chi connectivity index (χ3n) is 3.40. The van der Waals surface area contributed by atoms with Crippen molar-refractivity contribution < 1.29 is 9.18 Å². The summed E-state index contributed by atoms with van der Waals surface area (Å²) in [5.41, 5.74) is 0. The van der Waals surface area contributed by atoms with Gasteiger partial charge in [-0.3, -0.25) is 4.79 Å². The smallest absolute Gasteiger partial charge is 0.217 e. The number of halogens is 1. The van der Waals surface area contributed by atoms with Gasteiger partial charge in [-0.15, -0.1) is 5.10 Å². The molecular formula is C11H14FN3O. The summed E-state index contributed by atoms with van der Waals surface area (Å²) in [5, 5.41) is 4.17. The molecule has 0 spiro atoms. The zero-order valence-electron chi connectivity index (χ0n) is 9.19. The van der Waals surface area contributed by atoms with Crippen LogP contribution in [0.5, 0.6) is 0 Å². The van der Waals surface area contributed by atoms with Crippen LogP contribution in [0.2, 0.25) is 0 Å². The molecule has 0 amide bonds. The number of hydrogen-bond acceptors (Lipinski definition) is 3. The Kier molecular flexibility index (Phi) is 2.09. The van der Waals surface area contributed by atoms with Gasteiger partial charge in [0.15, 0.2) is 12.0 Å². The first kappa shape index (κ1) is 9.93. The molecule has 0 aromatic carbocycles. The maximum Gasteiger partial charge on any atom is 0.217 e. The van der Waals surface area contributed by atoms with Crippen LogP contribution in [0.4, 0.5) is 4.39 Å². The first-order valence-corrected chi connectivity index (χ1v) is 5.85. The summed E-state index contributed by atoms with van der Waals surface area (Å²) in [4.78, 5) is 15.8. The number of alkyl halides is 1. The lowest BCUT2D eigenvalue weighted by Gasteiger charge is -2.06. The number of carbonyl (C=O) groups is 1. The maximum atomic E-state index is 13.6. The molecule has 4 nitrogen and oxygen atoms in total. The van der Waals surface area contributed by atoms with E-state index < -0.39 is 6.17 Å². The number of fused-ring (bicyclic) bond motifs is 1. The van der Waals surface area contributed by atoms with E-state index in [9.17, 15) is 9.18 Å². The second kappa shape index (κ2) is 3.37. The van der Waals surface area contributed by atoms with E-state index in [1.54, 1.807) is 4.68 Å². The number of nitrogens with zero attached hydrogens (tertiary/aromatic N) is 3. The maximum absolute atomic E-state index is 13.6. The minimum atomic E-state index is -1.06. The van der Waals surface area contributed by atoms with Crippen molar-refractivity contribution in [3.8, 4) is 0 Å². The van der Waals surface area contributed by atoms with E-state index in [0.717, 1.165) is 19.3 Å². The summed E-state index contributed by atoms with van der Waals surface area (Å²) in [6.45, 7) is 2.00. The van der Waals surface area contributed by atoms with Gasteiger partial charge in [0.2, 0.25) is 11.6 Å². The van der Waals surface area contributed by atoms with Gasteiger partial charge in [-0.25, -0.2) is 14.1 Å². The van der Waals surface area contributed by atoms with E-state index in [0.29, 0.717) is 12.2 Å². The van der Waals surface area contributed by atoms with Crippen molar-refractivity contribution in [2.75, 3.05) is 0 Å². The minimum Gasteiger partial charge on any atom is -0.290 e. The number of carbonyl (C=O) groups excluding carboxylic acids is 1. The molecule has 1 fully saturated rings. The number of Topliss-reactive ketones (excluding diaryl/α,β-unsaturated/α-hetero) is 1. The van der Waals surface area contributed by atoms with Crippen LogP contribution in [0.15, 0.2) is 0 Å². The van der Waals surface area contributed by atoms with Gasteiger partial charge in [-0.05, 0) is 19.3 Å². The van der Waals surface area contributed by atoms with Gasteiger partial charge in [0.05, 0.1) is 6.04 Å². The molecule has 0 bridgehead atoms. The zero-order valence-corrected chi connectivity index (χ0v) is 9.19. The van der Waals surface area contributed by atoms with E-state index in [1.807, 2.05) is 6.92 Å². The molecule has 2 atom stereocenters. The van der Waals surface area contributed by atoms with Crippen LogP contribution < -0.4 is 0 Å². The number of ketones is 1. The van der Waals surface area contributed by atoms with Crippen LogP contribution in [0, 0.1) is 5.92 Å². The van der Waals surface area contributed by atoms with Gasteiger partial charge in [0, 0.05) is 12.3 Å². The summed E-state index contributed by atoms with van der Waals surface area (Å²) in [7, 11) is 0. The second-order valence-electron chi connectivity index (χ2n) is 4.64. The molecule has 0 N–H and O–H groups in total. The molecule has 1 aliphatic heterocycles. The van der Waals surface area contributed by atoms with E-state index in [2.05, 4.69) is 10.1 Å². The normalized spacial score (nSPS) is 28.1. The van der Waals surface area contributed by atoms with Crippen molar-refractivity contribution in [2.24, 2.45) is 5.92 Å². The fourth-order valence-corrected chi connectivity index (χ4v) is 2.23. The summed E-state index contributed by atoms with van der Waals surface area (Å²) < 4.78 is 15.2. The average molecular weight is 223 g/mol. The number of hydrogen-bond donors (Lipinski definition) is 0. The monoisotopic (exact) mass is 223 g/mol. The lowest BCUT2D eigenvalue weighted by Crippen LogP contribution is -2.08. The highest BCUT2D eigenvalue weighted by atomic mass is 19.1. The Labute approximate surface area is 92.9 Å². The van der Waals surface area contributed by atoms with Crippen molar-refractivity contribution in [1.82, 2.24) is 14.8 Å². The second-order valence-corrected chi connectivity index (χ2v) is 4.64. The molecule has 5 heteroatoms. The van der Waals surface area contributed by atoms with Crippen LogP contribution in [-0.4, -0.2) is 20.5 Å².